The number of alkyl halides is 6. The normalized spacial score (nSPS) is 12.1. The van der Waals surface area contributed by atoms with Crippen molar-refractivity contribution in [3.8, 4) is 11.8 Å². The van der Waals surface area contributed by atoms with Gasteiger partial charge in [0.05, 0.1) is 18.1 Å². The Morgan fingerprint density at radius 1 is 1.21 bits per heavy atom. The standard InChI is InChI=1S/C9H3F7N2O/c10-7-4(1-2-17)5(19-9(14,15)16)3-6(18-7)8(11,12)13/h3H,1H2. The lowest BCUT2D eigenvalue weighted by molar-refractivity contribution is -0.275. The molecule has 0 unspecified atom stereocenters. The first-order chi connectivity index (χ1) is 8.54. The van der Waals surface area contributed by atoms with Gasteiger partial charge in [0.15, 0.2) is 5.69 Å². The molecule has 0 saturated heterocycles. The molecule has 1 heterocycles. The van der Waals surface area contributed by atoms with Crippen molar-refractivity contribution in [1.29, 1.82) is 5.26 Å². The van der Waals surface area contributed by atoms with E-state index in [-0.39, 0.29) is 6.07 Å². The lowest BCUT2D eigenvalue weighted by atomic mass is 10.1. The number of hydrogen-bond acceptors (Lipinski definition) is 3. The number of halogens is 7. The van der Waals surface area contributed by atoms with Gasteiger partial charge in [-0.1, -0.05) is 0 Å². The van der Waals surface area contributed by atoms with Crippen molar-refractivity contribution in [3.05, 3.63) is 23.3 Å². The Morgan fingerprint density at radius 2 is 1.79 bits per heavy atom. The van der Waals surface area contributed by atoms with Crippen LogP contribution in [0, 0.1) is 17.3 Å². The van der Waals surface area contributed by atoms with Crippen LogP contribution >= 0.6 is 0 Å². The third kappa shape index (κ3) is 3.97. The second kappa shape index (κ2) is 4.91. The molecule has 1 rings (SSSR count). The SMILES string of the molecule is N#CCc1c(OC(F)(F)F)cc(C(F)(F)F)nc1F. The van der Waals surface area contributed by atoms with Crippen molar-refractivity contribution in [1.82, 2.24) is 4.98 Å². The molecule has 0 bridgehead atoms. The summed E-state index contributed by atoms with van der Waals surface area (Å²) in [7, 11) is 0. The first-order valence-corrected chi connectivity index (χ1v) is 4.44. The van der Waals surface area contributed by atoms with Crippen LogP contribution in [0.1, 0.15) is 11.3 Å². The minimum absolute atomic E-state index is 0.108. The van der Waals surface area contributed by atoms with Crippen LogP contribution in [0.5, 0.6) is 5.75 Å². The molecule has 104 valence electrons. The van der Waals surface area contributed by atoms with Crippen LogP contribution in [0.3, 0.4) is 0 Å². The Kier molecular flexibility index (Phi) is 3.88. The Labute approximate surface area is 101 Å². The topological polar surface area (TPSA) is 45.9 Å². The van der Waals surface area contributed by atoms with Crippen LogP contribution < -0.4 is 4.74 Å². The lowest BCUT2D eigenvalue weighted by Gasteiger charge is -2.14. The van der Waals surface area contributed by atoms with E-state index in [1.165, 1.54) is 6.07 Å². The summed E-state index contributed by atoms with van der Waals surface area (Å²) in [5, 5.41) is 8.29. The Morgan fingerprint density at radius 3 is 2.21 bits per heavy atom. The van der Waals surface area contributed by atoms with E-state index in [0.29, 0.717) is 0 Å². The zero-order valence-corrected chi connectivity index (χ0v) is 8.73. The van der Waals surface area contributed by atoms with E-state index in [0.717, 1.165) is 0 Å². The third-order valence-corrected chi connectivity index (χ3v) is 1.80. The van der Waals surface area contributed by atoms with Crippen LogP contribution in [-0.4, -0.2) is 11.3 Å². The van der Waals surface area contributed by atoms with E-state index in [9.17, 15) is 30.7 Å². The molecule has 0 radical (unpaired) electrons. The highest BCUT2D eigenvalue weighted by atomic mass is 19.4. The summed E-state index contributed by atoms with van der Waals surface area (Å²) in [4.78, 5) is 2.46. The second-order valence-electron chi connectivity index (χ2n) is 3.16. The molecular formula is C9H3F7N2O. The molecule has 0 aromatic carbocycles. The fourth-order valence-electron chi connectivity index (χ4n) is 1.12. The van der Waals surface area contributed by atoms with Gasteiger partial charge < -0.3 is 4.74 Å². The average Bonchev–Trinajstić information content (AvgIpc) is 2.19. The summed E-state index contributed by atoms with van der Waals surface area (Å²) < 4.78 is 89.2. The summed E-state index contributed by atoms with van der Waals surface area (Å²) in [6, 6.07) is 1.19. The van der Waals surface area contributed by atoms with E-state index in [1.807, 2.05) is 0 Å². The van der Waals surface area contributed by atoms with Crippen molar-refractivity contribution in [2.45, 2.75) is 19.0 Å². The van der Waals surface area contributed by atoms with E-state index in [2.05, 4.69) is 9.72 Å². The maximum absolute atomic E-state index is 13.2. The molecule has 10 heteroatoms. The summed E-state index contributed by atoms with van der Waals surface area (Å²) >= 11 is 0. The number of hydrogen-bond donors (Lipinski definition) is 0. The monoisotopic (exact) mass is 288 g/mol. The van der Waals surface area contributed by atoms with Gasteiger partial charge in [0.2, 0.25) is 5.95 Å². The number of ether oxygens (including phenoxy) is 1. The summed E-state index contributed by atoms with van der Waals surface area (Å²) in [5.41, 5.74) is -2.88. The molecule has 0 N–H and O–H groups in total. The second-order valence-corrected chi connectivity index (χ2v) is 3.16. The van der Waals surface area contributed by atoms with E-state index in [4.69, 9.17) is 5.26 Å². The quantitative estimate of drug-likeness (QED) is 0.620. The smallest absolute Gasteiger partial charge is 0.405 e. The molecule has 0 aliphatic carbocycles. The highest BCUT2D eigenvalue weighted by molar-refractivity contribution is 5.37. The predicted octanol–water partition coefficient (Wildman–Crippen LogP) is 3.20. The van der Waals surface area contributed by atoms with Crippen LogP contribution in [0.2, 0.25) is 0 Å². The van der Waals surface area contributed by atoms with Crippen LogP contribution in [-0.2, 0) is 12.6 Å². The highest BCUT2D eigenvalue weighted by Gasteiger charge is 2.38. The Bertz CT molecular complexity index is 515. The maximum Gasteiger partial charge on any atom is 0.573 e. The van der Waals surface area contributed by atoms with Gasteiger partial charge in [-0.05, 0) is 0 Å². The number of aromatic nitrogens is 1. The van der Waals surface area contributed by atoms with Crippen molar-refractivity contribution >= 4 is 0 Å². The summed E-state index contributed by atoms with van der Waals surface area (Å²) in [6.07, 6.45) is -11.4. The lowest BCUT2D eigenvalue weighted by Crippen LogP contribution is -2.20. The molecule has 0 aliphatic heterocycles. The highest BCUT2D eigenvalue weighted by Crippen LogP contribution is 2.34. The van der Waals surface area contributed by atoms with Gasteiger partial charge in [-0.25, -0.2) is 4.98 Å². The van der Waals surface area contributed by atoms with Gasteiger partial charge in [0.1, 0.15) is 5.75 Å². The van der Waals surface area contributed by atoms with Gasteiger partial charge in [0.25, 0.3) is 0 Å². The molecule has 0 spiro atoms. The molecule has 19 heavy (non-hydrogen) atoms. The van der Waals surface area contributed by atoms with Gasteiger partial charge in [-0.3, -0.25) is 0 Å². The number of rotatable bonds is 2. The molecule has 0 amide bonds. The summed E-state index contributed by atoms with van der Waals surface area (Å²) in [6.45, 7) is 0. The molecule has 3 nitrogen and oxygen atoms in total. The maximum atomic E-state index is 13.2. The zero-order valence-electron chi connectivity index (χ0n) is 8.73. The first-order valence-electron chi connectivity index (χ1n) is 4.44. The number of pyridine rings is 1. The molecule has 0 aliphatic rings. The average molecular weight is 288 g/mol. The molecule has 0 saturated carbocycles. The fourth-order valence-corrected chi connectivity index (χ4v) is 1.12. The molecular weight excluding hydrogens is 285 g/mol. The first kappa shape index (κ1) is 15.0. The van der Waals surface area contributed by atoms with Crippen molar-refractivity contribution < 1.29 is 35.5 Å². The van der Waals surface area contributed by atoms with E-state index < -0.39 is 41.9 Å². The Hall–Kier alpha value is -2.05. The van der Waals surface area contributed by atoms with Crippen molar-refractivity contribution in [3.63, 3.8) is 0 Å². The van der Waals surface area contributed by atoms with Gasteiger partial charge >= 0.3 is 12.5 Å². The number of nitriles is 1. The molecule has 0 fully saturated rings. The van der Waals surface area contributed by atoms with E-state index in [1.54, 1.807) is 0 Å². The van der Waals surface area contributed by atoms with Crippen molar-refractivity contribution in [2.75, 3.05) is 0 Å². The largest absolute Gasteiger partial charge is 0.573 e. The van der Waals surface area contributed by atoms with Gasteiger partial charge in [-0.2, -0.15) is 22.8 Å². The molecule has 1 aromatic rings. The Balaban J connectivity index is 3.38. The third-order valence-electron chi connectivity index (χ3n) is 1.80. The summed E-state index contributed by atoms with van der Waals surface area (Å²) in [5.74, 6) is -3.27. The zero-order chi connectivity index (χ0) is 14.8. The van der Waals surface area contributed by atoms with Gasteiger partial charge in [0, 0.05) is 6.07 Å². The van der Waals surface area contributed by atoms with Gasteiger partial charge in [-0.15, -0.1) is 13.2 Å². The number of nitrogens with zero attached hydrogens (tertiary/aromatic N) is 2. The van der Waals surface area contributed by atoms with Crippen LogP contribution in [0.25, 0.3) is 0 Å². The van der Waals surface area contributed by atoms with Crippen LogP contribution in [0.15, 0.2) is 6.07 Å². The molecule has 1 aromatic heterocycles. The minimum Gasteiger partial charge on any atom is -0.405 e. The predicted molar refractivity (Wildman–Crippen MR) is 45.2 cm³/mol. The van der Waals surface area contributed by atoms with E-state index >= 15 is 0 Å². The van der Waals surface area contributed by atoms with Crippen molar-refractivity contribution in [2.24, 2.45) is 0 Å². The minimum atomic E-state index is -5.32. The molecule has 0 atom stereocenters. The fraction of sp³-hybridized carbons (Fsp3) is 0.333. The van der Waals surface area contributed by atoms with Crippen LogP contribution in [0.4, 0.5) is 30.7 Å².